The Morgan fingerprint density at radius 2 is 1.42 bits per heavy atom. The van der Waals surface area contributed by atoms with Gasteiger partial charge in [-0.15, -0.1) is 0 Å². The number of hydrogen-bond acceptors (Lipinski definition) is 3. The van der Waals surface area contributed by atoms with Gasteiger partial charge in [0.25, 0.3) is 0 Å². The van der Waals surface area contributed by atoms with Crippen molar-refractivity contribution < 1.29 is 14.7 Å². The molecule has 1 saturated carbocycles. The summed E-state index contributed by atoms with van der Waals surface area (Å²) in [6.45, 7) is 11.4. The van der Waals surface area contributed by atoms with Gasteiger partial charge in [0.05, 0.1) is 5.60 Å². The van der Waals surface area contributed by atoms with E-state index >= 15 is 0 Å². The molecule has 0 aromatic rings. The first-order chi connectivity index (χ1) is 15.5. The van der Waals surface area contributed by atoms with Gasteiger partial charge in [-0.3, -0.25) is 9.59 Å². The largest absolute Gasteiger partial charge is 0.390 e. The Labute approximate surface area is 201 Å². The van der Waals surface area contributed by atoms with Crippen LogP contribution in [0, 0.1) is 0 Å². The summed E-state index contributed by atoms with van der Waals surface area (Å²) in [4.78, 5) is 24.9. The minimum Gasteiger partial charge on any atom is -0.390 e. The van der Waals surface area contributed by atoms with Crippen LogP contribution in [0.15, 0.2) is 57.2 Å². The van der Waals surface area contributed by atoms with Crippen molar-refractivity contribution in [1.29, 1.82) is 0 Å². The number of allylic oxidation sites excluding steroid dienone is 10. The quantitative estimate of drug-likeness (QED) is 0.244. The minimum atomic E-state index is -0.858. The lowest BCUT2D eigenvalue weighted by molar-refractivity contribution is -0.116. The van der Waals surface area contributed by atoms with Crippen molar-refractivity contribution >= 4 is 11.6 Å². The summed E-state index contributed by atoms with van der Waals surface area (Å²) in [6, 6.07) is 0. The zero-order chi connectivity index (χ0) is 24.6. The maximum atomic E-state index is 12.6. The SMILES string of the molecule is CC1=C(C)C(=O)C(CCC(C)(O)CC/C=C(\C)CC/C=C(\C)CCC=C2CCC2)=C(C)C1=O. The van der Waals surface area contributed by atoms with Gasteiger partial charge >= 0.3 is 0 Å². The van der Waals surface area contributed by atoms with Gasteiger partial charge < -0.3 is 5.11 Å². The van der Waals surface area contributed by atoms with Crippen molar-refractivity contribution in [2.75, 3.05) is 0 Å². The number of rotatable bonds is 12. The highest BCUT2D eigenvalue weighted by molar-refractivity contribution is 6.24. The van der Waals surface area contributed by atoms with Crippen LogP contribution in [0.2, 0.25) is 0 Å². The first-order valence-electron chi connectivity index (χ1n) is 12.7. The number of hydrogen-bond donors (Lipinski definition) is 1. The zero-order valence-electron chi connectivity index (χ0n) is 21.8. The molecule has 0 spiro atoms. The molecule has 1 N–H and O–H groups in total. The number of carbonyl (C=O) groups excluding carboxylic acids is 2. The van der Waals surface area contributed by atoms with E-state index in [4.69, 9.17) is 0 Å². The highest BCUT2D eigenvalue weighted by Crippen LogP contribution is 2.30. The lowest BCUT2D eigenvalue weighted by atomic mass is 9.82. The summed E-state index contributed by atoms with van der Waals surface area (Å²) >= 11 is 0. The van der Waals surface area contributed by atoms with Gasteiger partial charge in [-0.1, -0.05) is 34.9 Å². The van der Waals surface area contributed by atoms with Crippen molar-refractivity contribution in [3.63, 3.8) is 0 Å². The molecule has 3 heteroatoms. The molecule has 0 aromatic heterocycles. The Kier molecular flexibility index (Phi) is 10.3. The van der Waals surface area contributed by atoms with Crippen LogP contribution in [0.5, 0.6) is 0 Å². The van der Waals surface area contributed by atoms with Crippen molar-refractivity contribution in [2.24, 2.45) is 0 Å². The van der Waals surface area contributed by atoms with Crippen LogP contribution in [-0.4, -0.2) is 22.3 Å². The van der Waals surface area contributed by atoms with E-state index in [-0.39, 0.29) is 11.6 Å². The molecule has 0 amide bonds. The van der Waals surface area contributed by atoms with E-state index in [1.807, 2.05) is 6.92 Å². The average Bonchev–Trinajstić information content (AvgIpc) is 2.72. The first-order valence-corrected chi connectivity index (χ1v) is 12.7. The summed E-state index contributed by atoms with van der Waals surface area (Å²) in [5.74, 6) is -0.0841. The third-order valence-corrected chi connectivity index (χ3v) is 7.40. The molecule has 0 radical (unpaired) electrons. The first kappa shape index (κ1) is 27.2. The van der Waals surface area contributed by atoms with Crippen LogP contribution >= 0.6 is 0 Å². The third kappa shape index (κ3) is 8.37. The van der Waals surface area contributed by atoms with Gasteiger partial charge in [0.15, 0.2) is 11.6 Å². The molecule has 0 aromatic carbocycles. The molecule has 0 heterocycles. The molecule has 2 aliphatic rings. The molecule has 1 fully saturated rings. The number of carbonyl (C=O) groups is 2. The normalized spacial score (nSPS) is 19.8. The Hall–Kier alpha value is -2.00. The highest BCUT2D eigenvalue weighted by atomic mass is 16.3. The van der Waals surface area contributed by atoms with E-state index in [1.54, 1.807) is 26.3 Å². The van der Waals surface area contributed by atoms with Crippen molar-refractivity contribution in [1.82, 2.24) is 0 Å². The van der Waals surface area contributed by atoms with E-state index < -0.39 is 5.60 Å². The van der Waals surface area contributed by atoms with Crippen LogP contribution in [0.25, 0.3) is 0 Å². The molecule has 33 heavy (non-hydrogen) atoms. The van der Waals surface area contributed by atoms with Crippen LogP contribution in [0.3, 0.4) is 0 Å². The van der Waals surface area contributed by atoms with Gasteiger partial charge in [0.1, 0.15) is 0 Å². The van der Waals surface area contributed by atoms with E-state index in [0.717, 1.165) is 25.7 Å². The van der Waals surface area contributed by atoms with Gasteiger partial charge in [0, 0.05) is 22.3 Å². The number of ketones is 2. The minimum absolute atomic E-state index is 0.0417. The molecule has 2 rings (SSSR count). The topological polar surface area (TPSA) is 54.4 Å². The summed E-state index contributed by atoms with van der Waals surface area (Å²) in [5, 5.41) is 10.8. The summed E-state index contributed by atoms with van der Waals surface area (Å²) < 4.78 is 0. The molecule has 0 bridgehead atoms. The lowest BCUT2D eigenvalue weighted by Crippen LogP contribution is -2.26. The van der Waals surface area contributed by atoms with Gasteiger partial charge in [-0.05, 0) is 112 Å². The van der Waals surface area contributed by atoms with Gasteiger partial charge in [-0.2, -0.15) is 0 Å². The van der Waals surface area contributed by atoms with Crippen LogP contribution in [-0.2, 0) is 9.59 Å². The fourth-order valence-corrected chi connectivity index (χ4v) is 4.44. The summed E-state index contributed by atoms with van der Waals surface area (Å²) in [5.41, 5.74) is 5.81. The second kappa shape index (κ2) is 12.5. The standard InChI is InChI=1S/C30H44O3/c1-21(13-8-15-26-16-9-17-26)11-7-12-22(2)14-10-19-30(6,33)20-18-27-25(5)28(31)23(3)24(4)29(27)32/h11,14-15,33H,7-10,12-13,16-20H2,1-6H3/b21-11+,22-14+. The molecule has 0 saturated heterocycles. The summed E-state index contributed by atoms with van der Waals surface area (Å²) in [7, 11) is 0. The molecule has 3 nitrogen and oxygen atoms in total. The van der Waals surface area contributed by atoms with Crippen LogP contribution in [0.4, 0.5) is 0 Å². The maximum absolute atomic E-state index is 12.6. The molecular weight excluding hydrogens is 408 g/mol. The molecule has 0 aliphatic heterocycles. The zero-order valence-corrected chi connectivity index (χ0v) is 21.8. The van der Waals surface area contributed by atoms with Crippen molar-refractivity contribution in [2.45, 2.75) is 118 Å². The van der Waals surface area contributed by atoms with E-state index in [9.17, 15) is 14.7 Å². The van der Waals surface area contributed by atoms with Crippen molar-refractivity contribution in [3.8, 4) is 0 Å². The molecule has 2 aliphatic carbocycles. The number of Topliss-reactive ketones (excluding diaryl/α,β-unsaturated/α-hetero) is 2. The fourth-order valence-electron chi connectivity index (χ4n) is 4.44. The van der Waals surface area contributed by atoms with Crippen molar-refractivity contribution in [3.05, 3.63) is 57.2 Å². The average molecular weight is 453 g/mol. The van der Waals surface area contributed by atoms with Crippen LogP contribution < -0.4 is 0 Å². The van der Waals surface area contributed by atoms with Gasteiger partial charge in [0.2, 0.25) is 0 Å². The molecule has 1 unspecified atom stereocenters. The maximum Gasteiger partial charge on any atom is 0.185 e. The Balaban J connectivity index is 1.73. The predicted octanol–water partition coefficient (Wildman–Crippen LogP) is 7.67. The molecule has 182 valence electrons. The highest BCUT2D eigenvalue weighted by Gasteiger charge is 2.29. The fraction of sp³-hybridized carbons (Fsp3) is 0.600. The van der Waals surface area contributed by atoms with E-state index in [2.05, 4.69) is 32.1 Å². The van der Waals surface area contributed by atoms with Crippen LogP contribution in [0.1, 0.15) is 112 Å². The second-order valence-electron chi connectivity index (χ2n) is 10.4. The Bertz CT molecular complexity index is 897. The van der Waals surface area contributed by atoms with E-state index in [0.29, 0.717) is 41.6 Å². The molecule has 1 atom stereocenters. The Morgan fingerprint density at radius 1 is 0.848 bits per heavy atom. The second-order valence-corrected chi connectivity index (χ2v) is 10.4. The smallest absolute Gasteiger partial charge is 0.185 e. The van der Waals surface area contributed by atoms with E-state index in [1.165, 1.54) is 36.8 Å². The monoisotopic (exact) mass is 452 g/mol. The lowest BCUT2D eigenvalue weighted by Gasteiger charge is -2.25. The molecular formula is C30H44O3. The van der Waals surface area contributed by atoms with Gasteiger partial charge in [-0.25, -0.2) is 0 Å². The third-order valence-electron chi connectivity index (χ3n) is 7.40. The Morgan fingerprint density at radius 3 is 2.03 bits per heavy atom. The predicted molar refractivity (Wildman–Crippen MR) is 138 cm³/mol. The summed E-state index contributed by atoms with van der Waals surface area (Å²) in [6.07, 6.45) is 17.9. The number of aliphatic hydroxyl groups is 1.